The Bertz CT molecular complexity index is 1090. The average Bonchev–Trinajstić information content (AvgIpc) is 2.75. The third-order valence-corrected chi connectivity index (χ3v) is 4.53. The number of aliphatic hydroxyl groups excluding tert-OH is 1. The van der Waals surface area contributed by atoms with Crippen molar-refractivity contribution in [3.05, 3.63) is 70.1 Å². The van der Waals surface area contributed by atoms with Crippen molar-refractivity contribution in [2.45, 2.75) is 13.5 Å². The lowest BCUT2D eigenvalue weighted by Crippen LogP contribution is -2.28. The Hall–Kier alpha value is -3.52. The summed E-state index contributed by atoms with van der Waals surface area (Å²) in [7, 11) is 1.90. The molecule has 150 valence electrons. The van der Waals surface area contributed by atoms with Gasteiger partial charge in [0.05, 0.1) is 18.2 Å². The lowest BCUT2D eigenvalue weighted by Gasteiger charge is -2.17. The van der Waals surface area contributed by atoms with E-state index in [2.05, 4.69) is 15.6 Å². The van der Waals surface area contributed by atoms with Crippen LogP contribution in [0.4, 0.5) is 5.69 Å². The quantitative estimate of drug-likeness (QED) is 0.469. The van der Waals surface area contributed by atoms with E-state index in [1.165, 1.54) is 10.9 Å². The van der Waals surface area contributed by atoms with Crippen molar-refractivity contribution >= 4 is 28.6 Å². The van der Waals surface area contributed by atoms with Crippen LogP contribution in [-0.2, 0) is 6.54 Å². The molecule has 0 bridgehead atoms. The average molecular weight is 393 g/mol. The molecule has 0 aliphatic carbocycles. The number of fused-ring (bicyclic) bond motifs is 1. The number of likely N-dealkylation sites (N-methyl/N-ethyl adjacent to an activating group) is 1. The summed E-state index contributed by atoms with van der Waals surface area (Å²) in [5.74, 6) is -0.487. The third-order valence-electron chi connectivity index (χ3n) is 4.53. The summed E-state index contributed by atoms with van der Waals surface area (Å²) in [4.78, 5) is 26.9. The number of benzene rings is 2. The highest BCUT2D eigenvalue weighted by atomic mass is 16.3. The number of carbonyl (C=O) groups excluding carboxylic acids is 1. The molecule has 0 saturated carbocycles. The molecule has 0 fully saturated rings. The lowest BCUT2D eigenvalue weighted by atomic mass is 10.1. The van der Waals surface area contributed by atoms with E-state index in [-0.39, 0.29) is 17.9 Å². The Kier molecular flexibility index (Phi) is 6.36. The van der Waals surface area contributed by atoms with Crippen molar-refractivity contribution in [2.24, 2.45) is 5.10 Å². The van der Waals surface area contributed by atoms with Gasteiger partial charge in [0.1, 0.15) is 0 Å². The molecule has 0 saturated heterocycles. The number of nitrogens with one attached hydrogen (secondary N) is 1. The van der Waals surface area contributed by atoms with Gasteiger partial charge in [0.25, 0.3) is 11.5 Å². The highest BCUT2D eigenvalue weighted by Gasteiger charge is 2.15. The summed E-state index contributed by atoms with van der Waals surface area (Å²) in [5.41, 5.74) is 4.18. The van der Waals surface area contributed by atoms with Gasteiger partial charge in [0.15, 0.2) is 5.69 Å². The molecule has 2 aromatic carbocycles. The maximum absolute atomic E-state index is 12.6. The first-order chi connectivity index (χ1) is 14.0. The van der Waals surface area contributed by atoms with Crippen LogP contribution in [0.15, 0.2) is 58.4 Å². The number of amides is 1. The fourth-order valence-electron chi connectivity index (χ4n) is 2.93. The Balaban J connectivity index is 1.77. The largest absolute Gasteiger partial charge is 0.395 e. The summed E-state index contributed by atoms with van der Waals surface area (Å²) >= 11 is 0. The normalized spacial score (nSPS) is 11.1. The van der Waals surface area contributed by atoms with E-state index < -0.39 is 5.91 Å². The number of hydrogen-bond acceptors (Lipinski definition) is 6. The molecule has 29 heavy (non-hydrogen) atoms. The van der Waals surface area contributed by atoms with Crippen molar-refractivity contribution in [1.29, 1.82) is 0 Å². The van der Waals surface area contributed by atoms with E-state index in [4.69, 9.17) is 5.11 Å². The monoisotopic (exact) mass is 393 g/mol. The minimum Gasteiger partial charge on any atom is -0.395 e. The van der Waals surface area contributed by atoms with Crippen LogP contribution in [0, 0.1) is 0 Å². The molecule has 0 unspecified atom stereocenters. The predicted octanol–water partition coefficient (Wildman–Crippen LogP) is 1.61. The number of hydrazone groups is 1. The molecule has 0 atom stereocenters. The molecule has 0 aliphatic rings. The van der Waals surface area contributed by atoms with Gasteiger partial charge >= 0.3 is 0 Å². The Labute approximate surface area is 168 Å². The molecule has 0 radical (unpaired) electrons. The van der Waals surface area contributed by atoms with Gasteiger partial charge in [-0.25, -0.2) is 10.1 Å². The fourth-order valence-corrected chi connectivity index (χ4v) is 2.93. The molecule has 8 heteroatoms. The maximum atomic E-state index is 12.6. The second kappa shape index (κ2) is 9.11. The first kappa shape index (κ1) is 20.2. The van der Waals surface area contributed by atoms with E-state index in [1.807, 2.05) is 36.2 Å². The number of aryl methyl sites for hydroxylation is 1. The number of nitrogens with zero attached hydrogens (tertiary/aromatic N) is 4. The maximum Gasteiger partial charge on any atom is 0.292 e. The van der Waals surface area contributed by atoms with Gasteiger partial charge in [-0.3, -0.25) is 9.59 Å². The Morgan fingerprint density at radius 3 is 2.55 bits per heavy atom. The summed E-state index contributed by atoms with van der Waals surface area (Å²) < 4.78 is 1.27. The second-order valence-corrected chi connectivity index (χ2v) is 6.45. The molecule has 0 spiro atoms. The van der Waals surface area contributed by atoms with E-state index in [1.54, 1.807) is 31.2 Å². The Morgan fingerprint density at radius 1 is 1.21 bits per heavy atom. The summed E-state index contributed by atoms with van der Waals surface area (Å²) in [6.07, 6.45) is 1.53. The van der Waals surface area contributed by atoms with Crippen LogP contribution in [0.3, 0.4) is 0 Å². The van der Waals surface area contributed by atoms with Crippen LogP contribution in [0.1, 0.15) is 23.0 Å². The van der Waals surface area contributed by atoms with Gasteiger partial charge in [-0.2, -0.15) is 10.2 Å². The van der Waals surface area contributed by atoms with E-state index in [0.717, 1.165) is 11.3 Å². The topological polar surface area (TPSA) is 99.8 Å². The first-order valence-corrected chi connectivity index (χ1v) is 9.30. The van der Waals surface area contributed by atoms with Gasteiger partial charge in [-0.15, -0.1) is 0 Å². The van der Waals surface area contributed by atoms with Crippen LogP contribution in [0.25, 0.3) is 10.8 Å². The number of aliphatic hydroxyl groups is 1. The number of carbonyl (C=O) groups is 1. The van der Waals surface area contributed by atoms with E-state index >= 15 is 0 Å². The fraction of sp³-hybridized carbons (Fsp3) is 0.238. The SMILES string of the molecule is CCn1nc(C(=O)N/N=C\c2ccc(N(C)CCO)cc2)c2ccccc2c1=O. The number of anilines is 1. The van der Waals surface area contributed by atoms with Crippen LogP contribution in [0.5, 0.6) is 0 Å². The molecule has 1 aromatic heterocycles. The number of aromatic nitrogens is 2. The van der Waals surface area contributed by atoms with Gasteiger partial charge in [-0.05, 0) is 30.7 Å². The van der Waals surface area contributed by atoms with Crippen LogP contribution < -0.4 is 15.9 Å². The van der Waals surface area contributed by atoms with E-state index in [0.29, 0.717) is 23.9 Å². The van der Waals surface area contributed by atoms with Crippen molar-refractivity contribution in [3.8, 4) is 0 Å². The van der Waals surface area contributed by atoms with Crippen molar-refractivity contribution in [3.63, 3.8) is 0 Å². The molecular weight excluding hydrogens is 370 g/mol. The zero-order valence-corrected chi connectivity index (χ0v) is 16.4. The molecule has 1 amide bonds. The standard InChI is InChI=1S/C21H23N5O3/c1-3-26-21(29)18-7-5-4-6-17(18)19(24-26)20(28)23-22-14-15-8-10-16(11-9-15)25(2)12-13-27/h4-11,14,27H,3,12-13H2,1-2H3,(H,23,28)/b22-14-. The van der Waals surface area contributed by atoms with Gasteiger partial charge in [-0.1, -0.05) is 30.3 Å². The zero-order chi connectivity index (χ0) is 20.8. The van der Waals surface area contributed by atoms with Gasteiger partial charge in [0.2, 0.25) is 0 Å². The molecule has 1 heterocycles. The lowest BCUT2D eigenvalue weighted by molar-refractivity contribution is 0.0949. The summed E-state index contributed by atoms with van der Waals surface area (Å²) in [6.45, 7) is 2.79. The predicted molar refractivity (Wildman–Crippen MR) is 114 cm³/mol. The molecule has 3 aromatic rings. The molecular formula is C21H23N5O3. The molecule has 0 aliphatic heterocycles. The third kappa shape index (κ3) is 4.49. The smallest absolute Gasteiger partial charge is 0.292 e. The van der Waals surface area contributed by atoms with Crippen LogP contribution in [0.2, 0.25) is 0 Å². The molecule has 2 N–H and O–H groups in total. The van der Waals surface area contributed by atoms with Gasteiger partial charge in [0, 0.05) is 31.2 Å². The first-order valence-electron chi connectivity index (χ1n) is 9.30. The van der Waals surface area contributed by atoms with Crippen molar-refractivity contribution < 1.29 is 9.90 Å². The highest BCUT2D eigenvalue weighted by Crippen LogP contribution is 2.14. The number of hydrogen-bond donors (Lipinski definition) is 2. The second-order valence-electron chi connectivity index (χ2n) is 6.45. The minimum atomic E-state index is -0.487. The van der Waals surface area contributed by atoms with Crippen molar-refractivity contribution in [1.82, 2.24) is 15.2 Å². The summed E-state index contributed by atoms with van der Waals surface area (Å²) in [6, 6.07) is 14.4. The number of rotatable bonds is 7. The molecule has 3 rings (SSSR count). The van der Waals surface area contributed by atoms with Gasteiger partial charge < -0.3 is 10.0 Å². The summed E-state index contributed by atoms with van der Waals surface area (Å²) in [5, 5.41) is 18.1. The Morgan fingerprint density at radius 2 is 1.90 bits per heavy atom. The minimum absolute atomic E-state index is 0.0831. The van der Waals surface area contributed by atoms with Crippen LogP contribution in [-0.4, -0.2) is 47.2 Å². The van der Waals surface area contributed by atoms with E-state index in [9.17, 15) is 9.59 Å². The zero-order valence-electron chi connectivity index (χ0n) is 16.4. The highest BCUT2D eigenvalue weighted by molar-refractivity contribution is 6.04. The van der Waals surface area contributed by atoms with Crippen molar-refractivity contribution in [2.75, 3.05) is 25.1 Å². The molecule has 8 nitrogen and oxygen atoms in total. The van der Waals surface area contributed by atoms with Crippen LogP contribution >= 0.6 is 0 Å².